The van der Waals surface area contributed by atoms with E-state index in [1.165, 1.54) is 28.0 Å². The molecule has 3 rings (SSSR count). The van der Waals surface area contributed by atoms with Gasteiger partial charge in [-0.2, -0.15) is 0 Å². The summed E-state index contributed by atoms with van der Waals surface area (Å²) in [6.45, 7) is 2.04. The number of fused-ring (bicyclic) bond motifs is 1. The lowest BCUT2D eigenvalue weighted by Gasteiger charge is -1.99. The maximum Gasteiger partial charge on any atom is 0.222 e. The Kier molecular flexibility index (Phi) is 2.69. The average Bonchev–Trinajstić information content (AvgIpc) is 2.86. The van der Waals surface area contributed by atoms with E-state index in [1.54, 1.807) is 16.8 Å². The molecule has 0 aromatic carbocycles. The van der Waals surface area contributed by atoms with Gasteiger partial charge in [-0.05, 0) is 24.8 Å². The predicted octanol–water partition coefficient (Wildman–Crippen LogP) is 2.58. The molecule has 0 saturated heterocycles. The van der Waals surface area contributed by atoms with Crippen LogP contribution in [0.1, 0.15) is 4.88 Å². The van der Waals surface area contributed by atoms with Crippen molar-refractivity contribution in [2.45, 2.75) is 16.3 Å². The number of rotatable bonds is 2. The lowest BCUT2D eigenvalue weighted by molar-refractivity contribution is 1.01. The number of aromatic nitrogens is 4. The smallest absolute Gasteiger partial charge is 0.222 e. The van der Waals surface area contributed by atoms with Gasteiger partial charge < -0.3 is 5.73 Å². The molecule has 3 heterocycles. The van der Waals surface area contributed by atoms with Crippen LogP contribution in [0.25, 0.3) is 10.2 Å². The number of hydrogen-bond donors (Lipinski definition) is 1. The fourth-order valence-electron chi connectivity index (χ4n) is 1.40. The van der Waals surface area contributed by atoms with E-state index in [0.29, 0.717) is 5.95 Å². The van der Waals surface area contributed by atoms with Gasteiger partial charge in [0.15, 0.2) is 4.34 Å². The SMILES string of the molecule is Cc1cc2c(Sc3nncs3)nc(N)nc2s1. The summed E-state index contributed by atoms with van der Waals surface area (Å²) in [5.41, 5.74) is 7.40. The molecule has 3 aromatic heterocycles. The van der Waals surface area contributed by atoms with E-state index in [0.717, 1.165) is 19.6 Å². The molecule has 0 unspecified atom stereocenters. The van der Waals surface area contributed by atoms with E-state index in [-0.39, 0.29) is 0 Å². The van der Waals surface area contributed by atoms with Crippen LogP contribution in [0.2, 0.25) is 0 Å². The molecule has 17 heavy (non-hydrogen) atoms. The molecule has 2 N–H and O–H groups in total. The minimum Gasteiger partial charge on any atom is -0.368 e. The van der Waals surface area contributed by atoms with Gasteiger partial charge in [-0.15, -0.1) is 21.5 Å². The second-order valence-corrected chi connectivity index (χ2v) is 6.57. The van der Waals surface area contributed by atoms with Crippen molar-refractivity contribution >= 4 is 50.6 Å². The second-order valence-electron chi connectivity index (χ2n) is 3.27. The summed E-state index contributed by atoms with van der Waals surface area (Å²) >= 11 is 4.57. The lowest BCUT2D eigenvalue weighted by atomic mass is 10.4. The molecule has 0 spiro atoms. The van der Waals surface area contributed by atoms with Gasteiger partial charge in [0.25, 0.3) is 0 Å². The zero-order valence-corrected chi connectivity index (χ0v) is 11.2. The third-order valence-corrected chi connectivity index (χ3v) is 4.75. The standard InChI is InChI=1S/C9H7N5S3/c1-4-2-5-6(16-4)12-8(10)13-7(5)17-9-14-11-3-15-9/h2-3H,1H3,(H2,10,12,13). The van der Waals surface area contributed by atoms with Gasteiger partial charge in [0.1, 0.15) is 15.4 Å². The summed E-state index contributed by atoms with van der Waals surface area (Å²) in [7, 11) is 0. The monoisotopic (exact) mass is 281 g/mol. The van der Waals surface area contributed by atoms with Crippen molar-refractivity contribution in [2.24, 2.45) is 0 Å². The maximum atomic E-state index is 5.70. The number of thiophene rings is 1. The highest BCUT2D eigenvalue weighted by Crippen LogP contribution is 2.35. The van der Waals surface area contributed by atoms with Gasteiger partial charge in [0, 0.05) is 10.3 Å². The normalized spacial score (nSPS) is 11.1. The van der Waals surface area contributed by atoms with E-state index >= 15 is 0 Å². The van der Waals surface area contributed by atoms with Crippen molar-refractivity contribution in [1.29, 1.82) is 0 Å². The summed E-state index contributed by atoms with van der Waals surface area (Å²) in [4.78, 5) is 10.6. The summed E-state index contributed by atoms with van der Waals surface area (Å²) in [6.07, 6.45) is 0. The summed E-state index contributed by atoms with van der Waals surface area (Å²) in [5, 5.41) is 9.66. The molecule has 0 atom stereocenters. The molecule has 0 radical (unpaired) electrons. The zero-order valence-electron chi connectivity index (χ0n) is 8.75. The zero-order chi connectivity index (χ0) is 11.8. The molecular formula is C9H7N5S3. The third-order valence-electron chi connectivity index (χ3n) is 2.02. The van der Waals surface area contributed by atoms with E-state index in [1.807, 2.05) is 6.92 Å². The first-order chi connectivity index (χ1) is 8.22. The molecule has 5 nitrogen and oxygen atoms in total. The average molecular weight is 281 g/mol. The number of aryl methyl sites for hydroxylation is 1. The fraction of sp³-hybridized carbons (Fsp3) is 0.111. The van der Waals surface area contributed by atoms with Crippen molar-refractivity contribution in [3.63, 3.8) is 0 Å². The first kappa shape index (κ1) is 10.9. The summed E-state index contributed by atoms with van der Waals surface area (Å²) in [5.74, 6) is 0.298. The van der Waals surface area contributed by atoms with Crippen molar-refractivity contribution in [1.82, 2.24) is 20.2 Å². The molecule has 0 fully saturated rings. The minimum atomic E-state index is 0.298. The molecule has 8 heteroatoms. The van der Waals surface area contributed by atoms with Crippen LogP contribution in [0.3, 0.4) is 0 Å². The van der Waals surface area contributed by atoms with Crippen LogP contribution in [-0.2, 0) is 0 Å². The first-order valence-corrected chi connectivity index (χ1v) is 7.21. The minimum absolute atomic E-state index is 0.298. The number of nitrogens with two attached hydrogens (primary N) is 1. The van der Waals surface area contributed by atoms with E-state index in [2.05, 4.69) is 26.2 Å². The van der Waals surface area contributed by atoms with Crippen molar-refractivity contribution in [3.8, 4) is 0 Å². The highest BCUT2D eigenvalue weighted by atomic mass is 32.2. The number of nitrogen functional groups attached to an aromatic ring is 1. The van der Waals surface area contributed by atoms with E-state index < -0.39 is 0 Å². The largest absolute Gasteiger partial charge is 0.368 e. The van der Waals surface area contributed by atoms with E-state index in [9.17, 15) is 0 Å². The quantitative estimate of drug-likeness (QED) is 0.727. The molecule has 0 aliphatic carbocycles. The van der Waals surface area contributed by atoms with Gasteiger partial charge in [-0.3, -0.25) is 0 Å². The third kappa shape index (κ3) is 2.11. The molecule has 3 aromatic rings. The summed E-state index contributed by atoms with van der Waals surface area (Å²) < 4.78 is 0.855. The second kappa shape index (κ2) is 4.21. The number of anilines is 1. The van der Waals surface area contributed by atoms with Crippen LogP contribution in [0.5, 0.6) is 0 Å². The fourth-order valence-corrected chi connectivity index (χ4v) is 3.85. The topological polar surface area (TPSA) is 77.6 Å². The molecular weight excluding hydrogens is 274 g/mol. The predicted molar refractivity (Wildman–Crippen MR) is 70.6 cm³/mol. The van der Waals surface area contributed by atoms with Crippen LogP contribution < -0.4 is 5.73 Å². The van der Waals surface area contributed by atoms with Crippen LogP contribution in [0.15, 0.2) is 20.9 Å². The molecule has 0 bridgehead atoms. The molecule has 0 amide bonds. The van der Waals surface area contributed by atoms with Crippen molar-refractivity contribution < 1.29 is 0 Å². The van der Waals surface area contributed by atoms with Crippen LogP contribution in [0, 0.1) is 6.92 Å². The van der Waals surface area contributed by atoms with Crippen molar-refractivity contribution in [3.05, 3.63) is 16.5 Å². The lowest BCUT2D eigenvalue weighted by Crippen LogP contribution is -1.95. The number of nitrogens with zero attached hydrogens (tertiary/aromatic N) is 4. The summed E-state index contributed by atoms with van der Waals surface area (Å²) in [6, 6.07) is 2.07. The van der Waals surface area contributed by atoms with Gasteiger partial charge >= 0.3 is 0 Å². The highest BCUT2D eigenvalue weighted by molar-refractivity contribution is 8.01. The van der Waals surface area contributed by atoms with E-state index in [4.69, 9.17) is 5.73 Å². The Morgan fingerprint density at radius 2 is 2.24 bits per heavy atom. The highest BCUT2D eigenvalue weighted by Gasteiger charge is 2.12. The maximum absolute atomic E-state index is 5.70. The Hall–Kier alpha value is -1.25. The van der Waals surface area contributed by atoms with Gasteiger partial charge in [0.2, 0.25) is 5.95 Å². The Bertz CT molecular complexity index is 661. The van der Waals surface area contributed by atoms with Crippen LogP contribution >= 0.6 is 34.4 Å². The Labute approximate surface area is 109 Å². The van der Waals surface area contributed by atoms with Gasteiger partial charge in [0.05, 0.1) is 0 Å². The van der Waals surface area contributed by atoms with Crippen LogP contribution in [-0.4, -0.2) is 20.2 Å². The molecule has 0 saturated carbocycles. The molecule has 86 valence electrons. The molecule has 0 aliphatic heterocycles. The molecule has 0 aliphatic rings. The van der Waals surface area contributed by atoms with Gasteiger partial charge in [-0.1, -0.05) is 11.3 Å². The number of hydrogen-bond acceptors (Lipinski definition) is 8. The Balaban J connectivity index is 2.14. The Morgan fingerprint density at radius 1 is 1.35 bits per heavy atom. The van der Waals surface area contributed by atoms with Gasteiger partial charge in [-0.25, -0.2) is 9.97 Å². The first-order valence-electron chi connectivity index (χ1n) is 4.70. The van der Waals surface area contributed by atoms with Crippen LogP contribution in [0.4, 0.5) is 5.95 Å². The Morgan fingerprint density at radius 3 is 3.00 bits per heavy atom. The van der Waals surface area contributed by atoms with Crippen molar-refractivity contribution in [2.75, 3.05) is 5.73 Å².